The number of carbonyl (C=O) groups excluding carboxylic acids is 1. The Balaban J connectivity index is 1.48. The maximum absolute atomic E-state index is 12.8. The summed E-state index contributed by atoms with van der Waals surface area (Å²) in [6, 6.07) is 26.8. The summed E-state index contributed by atoms with van der Waals surface area (Å²) >= 11 is 0. The summed E-state index contributed by atoms with van der Waals surface area (Å²) in [5, 5.41) is 0. The summed E-state index contributed by atoms with van der Waals surface area (Å²) in [4.78, 5) is 14.4. The second kappa shape index (κ2) is 7.17. The number of hydrogen-bond donors (Lipinski definition) is 1. The lowest BCUT2D eigenvalue weighted by Gasteiger charge is -2.31. The number of fused-ring (bicyclic) bond motifs is 4. The van der Waals surface area contributed by atoms with Gasteiger partial charge in [0.1, 0.15) is 23.0 Å². The van der Waals surface area contributed by atoms with E-state index in [1.807, 2.05) is 84.9 Å². The van der Waals surface area contributed by atoms with Crippen LogP contribution in [0.1, 0.15) is 22.3 Å². The minimum atomic E-state index is -0.551. The first-order valence-corrected chi connectivity index (χ1v) is 10.5. The molecule has 0 unspecified atom stereocenters. The topological polar surface area (TPSA) is 64.8 Å². The van der Waals surface area contributed by atoms with Gasteiger partial charge in [-0.15, -0.1) is 0 Å². The molecular formula is C27H20N2O3. The number of anilines is 2. The number of nitrogens with two attached hydrogens (primary N) is 1. The first-order chi connectivity index (χ1) is 15.7. The molecule has 4 aromatic carbocycles. The van der Waals surface area contributed by atoms with Crippen molar-refractivity contribution in [3.63, 3.8) is 0 Å². The van der Waals surface area contributed by atoms with E-state index in [1.165, 1.54) is 0 Å². The molecule has 0 aliphatic carbocycles. The number of amides is 2. The van der Waals surface area contributed by atoms with E-state index in [1.54, 1.807) is 4.90 Å². The molecule has 5 heteroatoms. The molecule has 5 nitrogen and oxygen atoms in total. The standard InChI is InChI=1S/C27H20N2O3/c28-27(30)29(21-9-5-13-25-19(21)15-17-7-1-3-11-23(17)31-25)22-10-6-14-26-20(22)16-18-8-2-4-12-24(18)32-26/h1-14H,15-16H2,(H2,28,30). The number of rotatable bonds is 2. The minimum absolute atomic E-state index is 0.551. The third kappa shape index (κ3) is 2.90. The van der Waals surface area contributed by atoms with Gasteiger partial charge in [-0.1, -0.05) is 48.5 Å². The Kier molecular flexibility index (Phi) is 4.15. The fourth-order valence-corrected chi connectivity index (χ4v) is 4.56. The van der Waals surface area contributed by atoms with Gasteiger partial charge in [-0.2, -0.15) is 0 Å². The van der Waals surface area contributed by atoms with Crippen molar-refractivity contribution in [1.29, 1.82) is 0 Å². The molecule has 0 fully saturated rings. The van der Waals surface area contributed by atoms with Crippen molar-refractivity contribution in [3.8, 4) is 23.0 Å². The minimum Gasteiger partial charge on any atom is -0.457 e. The molecule has 0 atom stereocenters. The normalized spacial score (nSPS) is 12.9. The highest BCUT2D eigenvalue weighted by atomic mass is 16.5. The number of nitrogens with zero attached hydrogens (tertiary/aromatic N) is 1. The Hall–Kier alpha value is -4.25. The molecule has 156 valence electrons. The number of benzene rings is 4. The van der Waals surface area contributed by atoms with Crippen molar-refractivity contribution < 1.29 is 14.3 Å². The zero-order chi connectivity index (χ0) is 21.7. The van der Waals surface area contributed by atoms with Crippen molar-refractivity contribution in [2.75, 3.05) is 4.90 Å². The summed E-state index contributed by atoms with van der Waals surface area (Å²) in [5.41, 5.74) is 11.4. The van der Waals surface area contributed by atoms with Crippen LogP contribution < -0.4 is 20.1 Å². The number of urea groups is 1. The first kappa shape index (κ1) is 18.5. The van der Waals surface area contributed by atoms with E-state index < -0.39 is 6.03 Å². The molecule has 0 radical (unpaired) electrons. The van der Waals surface area contributed by atoms with Gasteiger partial charge in [-0.3, -0.25) is 4.90 Å². The number of primary amides is 1. The maximum Gasteiger partial charge on any atom is 0.323 e. The monoisotopic (exact) mass is 420 g/mol. The van der Waals surface area contributed by atoms with Crippen LogP contribution in [-0.4, -0.2) is 6.03 Å². The number of hydrogen-bond acceptors (Lipinski definition) is 3. The van der Waals surface area contributed by atoms with Gasteiger partial charge in [-0.25, -0.2) is 4.79 Å². The molecule has 2 aliphatic rings. The van der Waals surface area contributed by atoms with Gasteiger partial charge in [-0.05, 0) is 47.5 Å². The lowest BCUT2D eigenvalue weighted by Crippen LogP contribution is -2.33. The van der Waals surface area contributed by atoms with E-state index in [9.17, 15) is 4.79 Å². The lowest BCUT2D eigenvalue weighted by atomic mass is 9.96. The van der Waals surface area contributed by atoms with Crippen LogP contribution in [0.3, 0.4) is 0 Å². The summed E-state index contributed by atoms with van der Waals surface area (Å²) in [6.45, 7) is 0. The average molecular weight is 420 g/mol. The maximum atomic E-state index is 12.8. The first-order valence-electron chi connectivity index (χ1n) is 10.5. The Labute approximate surface area is 185 Å². The van der Waals surface area contributed by atoms with Gasteiger partial charge in [0.2, 0.25) is 0 Å². The van der Waals surface area contributed by atoms with Crippen LogP contribution in [-0.2, 0) is 12.8 Å². The molecule has 2 N–H and O–H groups in total. The Morgan fingerprint density at radius 2 is 1.06 bits per heavy atom. The quantitative estimate of drug-likeness (QED) is 0.358. The molecule has 0 spiro atoms. The van der Waals surface area contributed by atoms with Gasteiger partial charge in [0.05, 0.1) is 11.4 Å². The van der Waals surface area contributed by atoms with Crippen LogP contribution in [0, 0.1) is 0 Å². The fourth-order valence-electron chi connectivity index (χ4n) is 4.56. The van der Waals surface area contributed by atoms with E-state index in [-0.39, 0.29) is 0 Å². The zero-order valence-electron chi connectivity index (χ0n) is 17.2. The van der Waals surface area contributed by atoms with Crippen LogP contribution >= 0.6 is 0 Å². The van der Waals surface area contributed by atoms with E-state index in [0.717, 1.165) is 56.6 Å². The zero-order valence-corrected chi connectivity index (χ0v) is 17.2. The van der Waals surface area contributed by atoms with Crippen LogP contribution in [0.4, 0.5) is 16.2 Å². The summed E-state index contributed by atoms with van der Waals surface area (Å²) in [7, 11) is 0. The highest BCUT2D eigenvalue weighted by molar-refractivity contribution is 6.01. The number of ether oxygens (including phenoxy) is 2. The van der Waals surface area contributed by atoms with Crippen molar-refractivity contribution in [1.82, 2.24) is 0 Å². The highest BCUT2D eigenvalue weighted by Gasteiger charge is 2.29. The summed E-state index contributed by atoms with van der Waals surface area (Å²) in [5.74, 6) is 3.15. The summed E-state index contributed by atoms with van der Waals surface area (Å²) in [6.07, 6.45) is 1.31. The molecule has 0 bridgehead atoms. The molecule has 6 rings (SSSR count). The third-order valence-electron chi connectivity index (χ3n) is 6.04. The van der Waals surface area contributed by atoms with Crippen LogP contribution in [0.15, 0.2) is 84.9 Å². The largest absolute Gasteiger partial charge is 0.457 e. The Bertz CT molecular complexity index is 1280. The smallest absolute Gasteiger partial charge is 0.323 e. The number of carbonyl (C=O) groups is 1. The molecule has 4 aromatic rings. The molecule has 0 saturated heterocycles. The SMILES string of the molecule is NC(=O)N(c1cccc2c1Cc1ccccc1O2)c1cccc2c1Cc1ccccc1O2. The molecule has 0 saturated carbocycles. The molecule has 2 aliphatic heterocycles. The van der Waals surface area contributed by atoms with E-state index in [4.69, 9.17) is 15.2 Å². The van der Waals surface area contributed by atoms with E-state index in [2.05, 4.69) is 0 Å². The van der Waals surface area contributed by atoms with E-state index in [0.29, 0.717) is 12.8 Å². The average Bonchev–Trinajstić information content (AvgIpc) is 2.82. The van der Waals surface area contributed by atoms with Gasteiger partial charge in [0.25, 0.3) is 0 Å². The molecular weight excluding hydrogens is 400 g/mol. The van der Waals surface area contributed by atoms with Gasteiger partial charge in [0, 0.05) is 24.0 Å². The van der Waals surface area contributed by atoms with Crippen LogP contribution in [0.2, 0.25) is 0 Å². The predicted molar refractivity (Wildman–Crippen MR) is 123 cm³/mol. The van der Waals surface area contributed by atoms with Crippen molar-refractivity contribution in [2.45, 2.75) is 12.8 Å². The van der Waals surface area contributed by atoms with Gasteiger partial charge < -0.3 is 15.2 Å². The van der Waals surface area contributed by atoms with Gasteiger partial charge >= 0.3 is 6.03 Å². The van der Waals surface area contributed by atoms with Crippen molar-refractivity contribution in [2.24, 2.45) is 5.73 Å². The highest BCUT2D eigenvalue weighted by Crippen LogP contribution is 2.46. The van der Waals surface area contributed by atoms with Crippen LogP contribution in [0.25, 0.3) is 0 Å². The second-order valence-corrected chi connectivity index (χ2v) is 7.95. The molecule has 32 heavy (non-hydrogen) atoms. The lowest BCUT2D eigenvalue weighted by molar-refractivity contribution is 0.256. The predicted octanol–water partition coefficient (Wildman–Crippen LogP) is 6.30. The third-order valence-corrected chi connectivity index (χ3v) is 6.04. The van der Waals surface area contributed by atoms with Gasteiger partial charge in [0.15, 0.2) is 0 Å². The number of para-hydroxylation sites is 2. The fraction of sp³-hybridized carbons (Fsp3) is 0.0741. The van der Waals surface area contributed by atoms with Crippen molar-refractivity contribution >= 4 is 17.4 Å². The van der Waals surface area contributed by atoms with Crippen LogP contribution in [0.5, 0.6) is 23.0 Å². The van der Waals surface area contributed by atoms with Crippen molar-refractivity contribution in [3.05, 3.63) is 107 Å². The second-order valence-electron chi connectivity index (χ2n) is 7.95. The Morgan fingerprint density at radius 1 is 0.625 bits per heavy atom. The van der Waals surface area contributed by atoms with E-state index >= 15 is 0 Å². The molecule has 2 amide bonds. The Morgan fingerprint density at radius 3 is 1.53 bits per heavy atom. The molecule has 0 aromatic heterocycles. The molecule has 2 heterocycles. The summed E-state index contributed by atoms with van der Waals surface area (Å²) < 4.78 is 12.3.